The van der Waals surface area contributed by atoms with Crippen LogP contribution in [0.15, 0.2) is 97.1 Å². The van der Waals surface area contributed by atoms with Gasteiger partial charge in [-0.3, -0.25) is 29.4 Å². The summed E-state index contributed by atoms with van der Waals surface area (Å²) in [6.07, 6.45) is 0. The zero-order valence-electron chi connectivity index (χ0n) is 19.2. The van der Waals surface area contributed by atoms with Crippen LogP contribution in [0.1, 0.15) is 51.8 Å². The molecule has 0 bridgehead atoms. The number of amides is 5. The van der Waals surface area contributed by atoms with Crippen LogP contribution in [0.25, 0.3) is 11.1 Å². The number of nitrogens with zero attached hydrogens (tertiary/aromatic N) is 2. The number of benzene rings is 4. The number of fused-ring (bicyclic) bond motifs is 2. The smallest absolute Gasteiger partial charge is 0.268 e. The lowest BCUT2D eigenvalue weighted by atomic mass is 10.0. The van der Waals surface area contributed by atoms with Gasteiger partial charge >= 0.3 is 0 Å². The highest BCUT2D eigenvalue weighted by Crippen LogP contribution is 2.36. The first-order chi connectivity index (χ1) is 18.0. The molecule has 0 fully saturated rings. The molecule has 4 aromatic rings. The molecule has 0 unspecified atom stereocenters. The number of hydrazine groups is 1. The largest absolute Gasteiger partial charge is 0.280 e. The van der Waals surface area contributed by atoms with Crippen molar-refractivity contribution in [2.24, 2.45) is 0 Å². The van der Waals surface area contributed by atoms with Gasteiger partial charge < -0.3 is 0 Å². The van der Waals surface area contributed by atoms with E-state index in [1.54, 1.807) is 24.3 Å². The summed E-state index contributed by atoms with van der Waals surface area (Å²) in [5, 5.41) is 0.648. The van der Waals surface area contributed by atoms with Gasteiger partial charge in [-0.05, 0) is 42.0 Å². The van der Waals surface area contributed by atoms with Crippen LogP contribution in [0.2, 0.25) is 0 Å². The van der Waals surface area contributed by atoms with Crippen molar-refractivity contribution in [1.82, 2.24) is 10.4 Å². The van der Waals surface area contributed by atoms with Gasteiger partial charge in [-0.1, -0.05) is 60.7 Å². The zero-order valence-corrected chi connectivity index (χ0v) is 19.2. The second kappa shape index (κ2) is 8.39. The lowest BCUT2D eigenvalue weighted by Crippen LogP contribution is -2.45. The standard InChI is InChI=1S/C29H17N3O5/c33-25(30-32-28(36)20-11-4-5-12-21(20)29(32)37)18-14-15-22-23(16-18)27(35)31(26(22)34)24-13-7-6-10-19(24)17-8-2-1-3-9-17/h1-16H,(H,30,33). The molecule has 5 amide bonds. The summed E-state index contributed by atoms with van der Waals surface area (Å²) in [4.78, 5) is 65.9. The summed E-state index contributed by atoms with van der Waals surface area (Å²) in [6.45, 7) is 0. The molecular formula is C29H17N3O5. The third kappa shape index (κ3) is 3.42. The number of anilines is 1. The van der Waals surface area contributed by atoms with Gasteiger partial charge in [0.25, 0.3) is 29.5 Å². The van der Waals surface area contributed by atoms with Gasteiger partial charge in [-0.2, -0.15) is 5.01 Å². The monoisotopic (exact) mass is 487 g/mol. The Morgan fingerprint density at radius 2 is 1.08 bits per heavy atom. The van der Waals surface area contributed by atoms with E-state index in [1.165, 1.54) is 30.3 Å². The van der Waals surface area contributed by atoms with E-state index in [2.05, 4.69) is 5.43 Å². The number of para-hydroxylation sites is 1. The quantitative estimate of drug-likeness (QED) is 0.437. The maximum atomic E-state index is 13.4. The molecule has 8 nitrogen and oxygen atoms in total. The first-order valence-electron chi connectivity index (χ1n) is 11.4. The van der Waals surface area contributed by atoms with Crippen LogP contribution < -0.4 is 10.3 Å². The SMILES string of the molecule is O=C(NN1C(=O)c2ccccc2C1=O)c1ccc2c(c1)C(=O)N(c1ccccc1-c1ccccc1)C2=O. The Morgan fingerprint density at radius 3 is 1.76 bits per heavy atom. The van der Waals surface area contributed by atoms with Crippen LogP contribution in [0.4, 0.5) is 5.69 Å². The van der Waals surface area contributed by atoms with Crippen molar-refractivity contribution in [3.05, 3.63) is 125 Å². The number of hydrogen-bond acceptors (Lipinski definition) is 5. The highest BCUT2D eigenvalue weighted by atomic mass is 16.2. The summed E-state index contributed by atoms with van der Waals surface area (Å²) in [7, 11) is 0. The van der Waals surface area contributed by atoms with Crippen molar-refractivity contribution in [3.63, 3.8) is 0 Å². The topological polar surface area (TPSA) is 104 Å². The van der Waals surface area contributed by atoms with Gasteiger partial charge in [-0.25, -0.2) is 4.90 Å². The van der Waals surface area contributed by atoms with E-state index in [0.29, 0.717) is 16.3 Å². The molecule has 4 aromatic carbocycles. The predicted molar refractivity (Wildman–Crippen MR) is 134 cm³/mol. The third-order valence-corrected chi connectivity index (χ3v) is 6.39. The molecule has 2 aliphatic heterocycles. The fraction of sp³-hybridized carbons (Fsp3) is 0. The summed E-state index contributed by atoms with van der Waals surface area (Å²) in [6, 6.07) is 26.8. The lowest BCUT2D eigenvalue weighted by molar-refractivity contribution is 0.0518. The van der Waals surface area contributed by atoms with E-state index < -0.39 is 29.5 Å². The molecule has 8 heteroatoms. The normalized spacial score (nSPS) is 14.2. The van der Waals surface area contributed by atoms with Crippen LogP contribution >= 0.6 is 0 Å². The van der Waals surface area contributed by atoms with Gasteiger partial charge in [0, 0.05) is 11.1 Å². The number of rotatable bonds is 4. The van der Waals surface area contributed by atoms with Crippen molar-refractivity contribution in [1.29, 1.82) is 0 Å². The Bertz CT molecular complexity index is 1630. The lowest BCUT2D eigenvalue weighted by Gasteiger charge is -2.18. The molecule has 0 radical (unpaired) electrons. The van der Waals surface area contributed by atoms with Crippen molar-refractivity contribution in [2.45, 2.75) is 0 Å². The van der Waals surface area contributed by atoms with E-state index in [9.17, 15) is 24.0 Å². The minimum atomic E-state index is -0.763. The van der Waals surface area contributed by atoms with Crippen LogP contribution in [-0.4, -0.2) is 34.5 Å². The minimum absolute atomic E-state index is 0.0228. The molecule has 0 spiro atoms. The average molecular weight is 487 g/mol. The maximum Gasteiger partial charge on any atom is 0.280 e. The predicted octanol–water partition coefficient (Wildman–Crippen LogP) is 4.10. The number of nitrogens with one attached hydrogen (secondary N) is 1. The first kappa shape index (κ1) is 22.1. The second-order valence-corrected chi connectivity index (χ2v) is 8.52. The molecule has 6 rings (SSSR count). The van der Waals surface area contributed by atoms with Gasteiger partial charge in [0.1, 0.15) is 0 Å². The Balaban J connectivity index is 1.30. The molecule has 2 aliphatic rings. The molecule has 0 saturated carbocycles. The number of hydrogen-bond donors (Lipinski definition) is 1. The number of imide groups is 2. The van der Waals surface area contributed by atoms with Gasteiger partial charge in [0.2, 0.25) is 0 Å². The summed E-state index contributed by atoms with van der Waals surface area (Å²) in [5.41, 5.74) is 4.92. The Hall–Kier alpha value is -5.37. The highest BCUT2D eigenvalue weighted by molar-refractivity contribution is 6.35. The van der Waals surface area contributed by atoms with Crippen LogP contribution in [-0.2, 0) is 0 Å². The van der Waals surface area contributed by atoms with Gasteiger partial charge in [0.15, 0.2) is 0 Å². The second-order valence-electron chi connectivity index (χ2n) is 8.52. The summed E-state index contributed by atoms with van der Waals surface area (Å²) >= 11 is 0. The van der Waals surface area contributed by atoms with Crippen molar-refractivity contribution in [3.8, 4) is 11.1 Å². The van der Waals surface area contributed by atoms with Crippen molar-refractivity contribution < 1.29 is 24.0 Å². The maximum absolute atomic E-state index is 13.4. The molecule has 2 heterocycles. The number of carbonyl (C=O) groups excluding carboxylic acids is 5. The van der Waals surface area contributed by atoms with E-state index >= 15 is 0 Å². The first-order valence-corrected chi connectivity index (χ1v) is 11.4. The Morgan fingerprint density at radius 1 is 0.541 bits per heavy atom. The summed E-state index contributed by atoms with van der Waals surface area (Å²) < 4.78 is 0. The minimum Gasteiger partial charge on any atom is -0.268 e. The summed E-state index contributed by atoms with van der Waals surface area (Å²) in [5.74, 6) is -3.13. The highest BCUT2D eigenvalue weighted by Gasteiger charge is 2.39. The number of carbonyl (C=O) groups is 5. The molecule has 0 saturated heterocycles. The molecule has 178 valence electrons. The molecular weight excluding hydrogens is 470 g/mol. The molecule has 37 heavy (non-hydrogen) atoms. The van der Waals surface area contributed by atoms with Gasteiger partial charge in [-0.15, -0.1) is 0 Å². The molecule has 0 atom stereocenters. The van der Waals surface area contributed by atoms with Crippen LogP contribution in [0.5, 0.6) is 0 Å². The van der Waals surface area contributed by atoms with Crippen LogP contribution in [0.3, 0.4) is 0 Å². The van der Waals surface area contributed by atoms with E-state index in [4.69, 9.17) is 0 Å². The van der Waals surface area contributed by atoms with E-state index in [1.807, 2.05) is 42.5 Å². The fourth-order valence-corrected chi connectivity index (χ4v) is 4.59. The van der Waals surface area contributed by atoms with E-state index in [-0.39, 0.29) is 27.8 Å². The molecule has 1 N–H and O–H groups in total. The third-order valence-electron chi connectivity index (χ3n) is 6.39. The van der Waals surface area contributed by atoms with E-state index in [0.717, 1.165) is 10.5 Å². The molecule has 0 aliphatic carbocycles. The van der Waals surface area contributed by atoms with Crippen molar-refractivity contribution >= 4 is 35.2 Å². The molecule has 0 aromatic heterocycles. The fourth-order valence-electron chi connectivity index (χ4n) is 4.59. The van der Waals surface area contributed by atoms with Gasteiger partial charge in [0.05, 0.1) is 27.9 Å². The zero-order chi connectivity index (χ0) is 25.7. The Kier molecular flexibility index (Phi) is 5.01. The van der Waals surface area contributed by atoms with Crippen LogP contribution in [0, 0.1) is 0 Å². The van der Waals surface area contributed by atoms with Crippen molar-refractivity contribution in [2.75, 3.05) is 4.90 Å². The average Bonchev–Trinajstić information content (AvgIpc) is 3.33. The Labute approximate surface area is 210 Å².